The van der Waals surface area contributed by atoms with Crippen molar-refractivity contribution in [1.82, 2.24) is 10.3 Å². The van der Waals surface area contributed by atoms with Gasteiger partial charge in [0, 0.05) is 25.6 Å². The van der Waals surface area contributed by atoms with Gasteiger partial charge in [0.05, 0.1) is 17.3 Å². The van der Waals surface area contributed by atoms with E-state index >= 15 is 0 Å². The summed E-state index contributed by atoms with van der Waals surface area (Å²) in [5, 5.41) is 4.17. The molecular formula is C22H25N3O2S. The molecule has 0 unspecified atom stereocenters. The number of rotatable bonds is 6. The van der Waals surface area contributed by atoms with E-state index in [9.17, 15) is 4.79 Å². The van der Waals surface area contributed by atoms with Crippen LogP contribution in [0.3, 0.4) is 0 Å². The fourth-order valence-corrected chi connectivity index (χ4v) is 4.65. The molecular weight excluding hydrogens is 370 g/mol. The topological polar surface area (TPSA) is 54.5 Å². The van der Waals surface area contributed by atoms with E-state index in [2.05, 4.69) is 28.4 Å². The molecule has 1 N–H and O–H groups in total. The number of para-hydroxylation sites is 1. The Hall–Kier alpha value is -2.60. The van der Waals surface area contributed by atoms with Crippen LogP contribution in [0.1, 0.15) is 18.4 Å². The van der Waals surface area contributed by atoms with Crippen LogP contribution in [0.2, 0.25) is 0 Å². The van der Waals surface area contributed by atoms with Crippen LogP contribution in [-0.2, 0) is 11.2 Å². The van der Waals surface area contributed by atoms with E-state index < -0.39 is 0 Å². The number of thiazole rings is 1. The van der Waals surface area contributed by atoms with E-state index in [0.29, 0.717) is 6.54 Å². The van der Waals surface area contributed by atoms with E-state index in [1.165, 1.54) is 10.3 Å². The zero-order valence-corrected chi connectivity index (χ0v) is 16.9. The lowest BCUT2D eigenvalue weighted by atomic mass is 9.96. The van der Waals surface area contributed by atoms with Gasteiger partial charge in [0.15, 0.2) is 5.13 Å². The number of amides is 1. The van der Waals surface area contributed by atoms with Crippen molar-refractivity contribution in [3.63, 3.8) is 0 Å². The predicted molar refractivity (Wildman–Crippen MR) is 114 cm³/mol. The number of benzene rings is 2. The van der Waals surface area contributed by atoms with Gasteiger partial charge in [0.1, 0.15) is 5.75 Å². The molecule has 2 aromatic carbocycles. The fourth-order valence-electron chi connectivity index (χ4n) is 3.63. The number of anilines is 1. The molecule has 0 saturated carbocycles. The summed E-state index contributed by atoms with van der Waals surface area (Å²) in [5.41, 5.74) is 2.23. The minimum Gasteiger partial charge on any atom is -0.497 e. The van der Waals surface area contributed by atoms with Crippen LogP contribution in [0.15, 0.2) is 48.5 Å². The molecule has 1 fully saturated rings. The average Bonchev–Trinajstić information content (AvgIpc) is 3.18. The molecule has 0 aliphatic carbocycles. The van der Waals surface area contributed by atoms with Gasteiger partial charge in [-0.15, -0.1) is 0 Å². The Balaban J connectivity index is 1.25. The summed E-state index contributed by atoms with van der Waals surface area (Å²) >= 11 is 1.73. The number of hydrogen-bond donors (Lipinski definition) is 1. The lowest BCUT2D eigenvalue weighted by molar-refractivity contribution is -0.125. The first-order valence-electron chi connectivity index (χ1n) is 9.74. The molecule has 146 valence electrons. The van der Waals surface area contributed by atoms with E-state index in [0.717, 1.165) is 48.7 Å². The summed E-state index contributed by atoms with van der Waals surface area (Å²) in [6, 6.07) is 16.2. The highest BCUT2D eigenvalue weighted by Crippen LogP contribution is 2.31. The molecule has 6 heteroatoms. The smallest absolute Gasteiger partial charge is 0.223 e. The van der Waals surface area contributed by atoms with Gasteiger partial charge >= 0.3 is 0 Å². The summed E-state index contributed by atoms with van der Waals surface area (Å²) in [6.07, 6.45) is 2.56. The van der Waals surface area contributed by atoms with Gasteiger partial charge in [-0.25, -0.2) is 4.98 Å². The molecule has 2 heterocycles. The molecule has 4 rings (SSSR count). The van der Waals surface area contributed by atoms with Gasteiger partial charge in [-0.3, -0.25) is 4.79 Å². The number of aromatic nitrogens is 1. The Morgan fingerprint density at radius 1 is 1.21 bits per heavy atom. The minimum absolute atomic E-state index is 0.0935. The van der Waals surface area contributed by atoms with E-state index in [1.54, 1.807) is 18.4 Å². The third-order valence-electron chi connectivity index (χ3n) is 5.27. The van der Waals surface area contributed by atoms with Crippen molar-refractivity contribution in [2.45, 2.75) is 19.3 Å². The van der Waals surface area contributed by atoms with Crippen LogP contribution in [0.5, 0.6) is 5.75 Å². The molecule has 28 heavy (non-hydrogen) atoms. The van der Waals surface area contributed by atoms with Crippen molar-refractivity contribution in [1.29, 1.82) is 0 Å². The molecule has 0 atom stereocenters. The monoisotopic (exact) mass is 395 g/mol. The predicted octanol–water partition coefficient (Wildman–Crippen LogP) is 3.88. The van der Waals surface area contributed by atoms with Crippen LogP contribution in [-0.4, -0.2) is 37.6 Å². The molecule has 3 aromatic rings. The van der Waals surface area contributed by atoms with Gasteiger partial charge in [0.25, 0.3) is 0 Å². The molecule has 0 bridgehead atoms. The summed E-state index contributed by atoms with van der Waals surface area (Å²) < 4.78 is 6.46. The van der Waals surface area contributed by atoms with Gasteiger partial charge in [-0.05, 0) is 49.1 Å². The van der Waals surface area contributed by atoms with Crippen molar-refractivity contribution in [2.75, 3.05) is 31.6 Å². The molecule has 0 radical (unpaired) electrons. The lowest BCUT2D eigenvalue weighted by Gasteiger charge is -2.31. The van der Waals surface area contributed by atoms with Crippen molar-refractivity contribution in [3.05, 3.63) is 54.1 Å². The quantitative estimate of drug-likeness (QED) is 0.688. The molecule has 1 aliphatic heterocycles. The van der Waals surface area contributed by atoms with Crippen molar-refractivity contribution < 1.29 is 9.53 Å². The SMILES string of the molecule is COc1cccc(CCNC(=O)C2CCN(c3nc4ccccc4s3)CC2)c1. The number of piperidine rings is 1. The Labute approximate surface area is 169 Å². The molecule has 1 aromatic heterocycles. The van der Waals surface area contributed by atoms with E-state index in [-0.39, 0.29) is 11.8 Å². The number of methoxy groups -OCH3 is 1. The second-order valence-corrected chi connectivity index (χ2v) is 8.13. The Kier molecular flexibility index (Phi) is 5.76. The highest BCUT2D eigenvalue weighted by Gasteiger charge is 2.26. The van der Waals surface area contributed by atoms with Crippen LogP contribution in [0.25, 0.3) is 10.2 Å². The maximum Gasteiger partial charge on any atom is 0.223 e. The van der Waals surface area contributed by atoms with Crippen molar-refractivity contribution >= 4 is 32.6 Å². The lowest BCUT2D eigenvalue weighted by Crippen LogP contribution is -2.41. The van der Waals surface area contributed by atoms with Crippen LogP contribution >= 0.6 is 11.3 Å². The van der Waals surface area contributed by atoms with Gasteiger partial charge in [-0.2, -0.15) is 0 Å². The number of nitrogens with one attached hydrogen (secondary N) is 1. The van der Waals surface area contributed by atoms with Crippen LogP contribution < -0.4 is 15.0 Å². The Morgan fingerprint density at radius 3 is 2.82 bits per heavy atom. The van der Waals surface area contributed by atoms with E-state index in [1.807, 2.05) is 30.3 Å². The summed E-state index contributed by atoms with van der Waals surface area (Å²) in [7, 11) is 1.67. The molecule has 1 aliphatic rings. The molecule has 5 nitrogen and oxygen atoms in total. The highest BCUT2D eigenvalue weighted by atomic mass is 32.1. The second-order valence-electron chi connectivity index (χ2n) is 7.12. The van der Waals surface area contributed by atoms with Crippen molar-refractivity contribution in [2.24, 2.45) is 5.92 Å². The molecule has 1 saturated heterocycles. The maximum absolute atomic E-state index is 12.5. The van der Waals surface area contributed by atoms with Gasteiger partial charge in [-0.1, -0.05) is 35.6 Å². The second kappa shape index (κ2) is 8.61. The zero-order valence-electron chi connectivity index (χ0n) is 16.1. The third kappa shape index (κ3) is 4.28. The minimum atomic E-state index is 0.0935. The average molecular weight is 396 g/mol. The van der Waals surface area contributed by atoms with E-state index in [4.69, 9.17) is 9.72 Å². The first kappa shape index (κ1) is 18.7. The number of carbonyl (C=O) groups is 1. The number of ether oxygens (including phenoxy) is 1. The number of carbonyl (C=O) groups excluding carboxylic acids is 1. The van der Waals surface area contributed by atoms with Crippen LogP contribution in [0.4, 0.5) is 5.13 Å². The number of fused-ring (bicyclic) bond motifs is 1. The fraction of sp³-hybridized carbons (Fsp3) is 0.364. The van der Waals surface area contributed by atoms with Crippen molar-refractivity contribution in [3.8, 4) is 5.75 Å². The largest absolute Gasteiger partial charge is 0.497 e. The van der Waals surface area contributed by atoms with Gasteiger partial charge in [0.2, 0.25) is 5.91 Å². The highest BCUT2D eigenvalue weighted by molar-refractivity contribution is 7.22. The number of hydrogen-bond acceptors (Lipinski definition) is 5. The maximum atomic E-state index is 12.5. The van der Waals surface area contributed by atoms with Crippen LogP contribution in [0, 0.1) is 5.92 Å². The number of nitrogens with zero attached hydrogens (tertiary/aromatic N) is 2. The molecule has 0 spiro atoms. The summed E-state index contributed by atoms with van der Waals surface area (Å²) in [6.45, 7) is 2.42. The third-order valence-corrected chi connectivity index (χ3v) is 6.36. The summed E-state index contributed by atoms with van der Waals surface area (Å²) in [5.74, 6) is 1.12. The normalized spacial score (nSPS) is 15.0. The zero-order chi connectivity index (χ0) is 19.3. The first-order chi connectivity index (χ1) is 13.7. The Morgan fingerprint density at radius 2 is 2.04 bits per heavy atom. The molecule has 1 amide bonds. The standard InChI is InChI=1S/C22H25N3O2S/c1-27-18-6-4-5-16(15-18)9-12-23-21(26)17-10-13-25(14-11-17)22-24-19-7-2-3-8-20(19)28-22/h2-8,15,17H,9-14H2,1H3,(H,23,26). The van der Waals surface area contributed by atoms with Gasteiger partial charge < -0.3 is 15.0 Å². The summed E-state index contributed by atoms with van der Waals surface area (Å²) in [4.78, 5) is 19.6. The first-order valence-corrected chi connectivity index (χ1v) is 10.6. The Bertz CT molecular complexity index is 915.